The molecule has 10 rings (SSSR count). The van der Waals surface area contributed by atoms with Crippen LogP contribution in [0.15, 0.2) is 0 Å². The van der Waals surface area contributed by atoms with Crippen LogP contribution in [0.1, 0.15) is 6.42 Å². The lowest BCUT2D eigenvalue weighted by Gasteiger charge is -2.53. The van der Waals surface area contributed by atoms with Crippen LogP contribution in [0.25, 0.3) is 0 Å². The molecule has 57 atom stereocenters. The Morgan fingerprint density at radius 3 is 1.08 bits per heavy atom. The molecule has 10 aliphatic rings. The van der Waals surface area contributed by atoms with E-state index >= 15 is 0 Å². The maximum atomic E-state index is 13.6. The fourth-order valence-corrected chi connectivity index (χ4v) is 16.5. The molecule has 0 aromatic heterocycles. The number of carboxylic acids is 1. The average molecular weight is 1950 g/mol. The summed E-state index contributed by atoms with van der Waals surface area (Å²) in [4.78, 5) is 13.6. The van der Waals surface area contributed by atoms with Gasteiger partial charge in [-0.1, -0.05) is 0 Å². The van der Waals surface area contributed by atoms with Gasteiger partial charge in [0, 0.05) is 6.42 Å². The number of hydrogen-bond donors (Lipinski definition) is 40. The van der Waals surface area contributed by atoms with Crippen LogP contribution in [-0.4, -0.2) is 628 Å². The molecule has 0 aromatic carbocycles. The second-order valence-electron chi connectivity index (χ2n) is 33.2. The second kappa shape index (κ2) is 48.3. The zero-order valence-corrected chi connectivity index (χ0v) is 69.2. The maximum Gasteiger partial charge on any atom is 0.364 e. The number of ether oxygens (including phenoxy) is 20. The third-order valence-electron chi connectivity index (χ3n) is 24.4. The van der Waals surface area contributed by atoms with Crippen LogP contribution in [0.4, 0.5) is 0 Å². The summed E-state index contributed by atoms with van der Waals surface area (Å²) in [6.07, 6.45) is -131. The van der Waals surface area contributed by atoms with E-state index < -0.39 is 441 Å². The first-order chi connectivity index (χ1) is 62.3. The fourth-order valence-electron chi connectivity index (χ4n) is 16.5. The number of nitrogens with two attached hydrogens (primary N) is 2. The Hall–Kier alpha value is -2.89. The molecule has 0 saturated carbocycles. The van der Waals surface area contributed by atoms with E-state index in [1.54, 1.807) is 0 Å². The van der Waals surface area contributed by atoms with Gasteiger partial charge in [-0.3, -0.25) is 0 Å². The van der Waals surface area contributed by atoms with Gasteiger partial charge in [-0.25, -0.2) is 4.79 Å². The minimum Gasteiger partial charge on any atom is -0.477 e. The highest BCUT2D eigenvalue weighted by atomic mass is 16.8. The molecule has 61 nitrogen and oxygen atoms in total. The van der Waals surface area contributed by atoms with Gasteiger partial charge in [0.1, 0.15) is 262 Å². The van der Waals surface area contributed by atoms with Crippen LogP contribution >= 0.6 is 0 Å². The predicted molar refractivity (Wildman–Crippen MR) is 398 cm³/mol. The summed E-state index contributed by atoms with van der Waals surface area (Å²) in [7, 11) is 0. The molecule has 0 bridgehead atoms. The number of aliphatic hydroxyl groups is 37. The van der Waals surface area contributed by atoms with Crippen molar-refractivity contribution in [2.45, 2.75) is 356 Å². The van der Waals surface area contributed by atoms with E-state index in [9.17, 15) is 199 Å². The molecule has 0 unspecified atom stereocenters. The van der Waals surface area contributed by atoms with Crippen molar-refractivity contribution in [3.8, 4) is 0 Å². The van der Waals surface area contributed by atoms with E-state index in [4.69, 9.17) is 106 Å². The van der Waals surface area contributed by atoms with E-state index in [-0.39, 0.29) is 0 Å². The van der Waals surface area contributed by atoms with Gasteiger partial charge in [0.15, 0.2) is 56.6 Å². The summed E-state index contributed by atoms with van der Waals surface area (Å²) in [5.74, 6) is -5.59. The normalized spacial score (nSPS) is 49.1. The minimum absolute atomic E-state index is 0.870. The fraction of sp³-hybridized carbons (Fsp3) is 0.986. The van der Waals surface area contributed by atoms with Gasteiger partial charge in [0.2, 0.25) is 0 Å². The van der Waals surface area contributed by atoms with Crippen LogP contribution < -0.4 is 11.5 Å². The smallest absolute Gasteiger partial charge is 0.364 e. The average Bonchev–Trinajstić information content (AvgIpc) is 0.748. The Balaban J connectivity index is 1.04. The van der Waals surface area contributed by atoms with Gasteiger partial charge in [-0.2, -0.15) is 0 Å². The molecule has 772 valence electrons. The third-order valence-corrected chi connectivity index (χ3v) is 24.4. The standard InChI is InChI=1S/C71H124N2O59/c72-14(2-74)28(90)29(91)20(89)12-113-61-27(73)34(96)33(95)26(120-61)13-114-71(70(111)112)1-15(84)51(53(132-71)19(88)6-78)123-67-48(110)57(59(52(124-67)18(87)5-77)130-64-44(106)37(99)32(94)23(9-81)117-64)128-69-60(131-68-58(39(101)38(100)49(121-68)16(85)3-75)129-63-43(105)36(98)31(93)22(8-80)116-63)56(47(109)50(122-69)17(86)4-76)127-66-46(108)41(103)55(25(11-83)119-66)126-65-45(107)40(102)54(24(10-82)118-65)125-62-42(104)35(97)30(92)21(7-79)115-62/h14-69,74-110H,1-13,72-73H2,(H,111,112)/t14-,15+,16-,17-,18-,19+,20+,21+,22+,23+,24+,25+,26+,27+,28+,29+,30-,31-,32+,33+,34+,35-,36-,37-,38-,39-,40+,41+,42+,43+,44+,45+,46+,47+,48-,49+,50+,51+,52+,53+,54+,55+,56-,57+,58-,59+,60-,61+,62-,63-,64-,65-,66+,67-,68+,69+,71+/m0/s1. The van der Waals surface area contributed by atoms with Gasteiger partial charge in [-0.05, 0) is 0 Å². The molecule has 132 heavy (non-hydrogen) atoms. The lowest BCUT2D eigenvalue weighted by atomic mass is 9.91. The Kier molecular flexibility index (Phi) is 40.6. The number of aliphatic carboxylic acids is 1. The summed E-state index contributed by atoms with van der Waals surface area (Å²) in [5.41, 5.74) is 11.6. The number of rotatable bonds is 40. The summed E-state index contributed by atoms with van der Waals surface area (Å²) in [5, 5.41) is 422. The van der Waals surface area contributed by atoms with E-state index in [0.717, 1.165) is 0 Å². The van der Waals surface area contributed by atoms with E-state index in [1.165, 1.54) is 0 Å². The van der Waals surface area contributed by atoms with Crippen molar-refractivity contribution in [3.05, 3.63) is 0 Å². The lowest BCUT2D eigenvalue weighted by molar-refractivity contribution is -0.429. The number of hydrogen-bond acceptors (Lipinski definition) is 60. The van der Waals surface area contributed by atoms with Crippen LogP contribution in [0, 0.1) is 0 Å². The predicted octanol–water partition coefficient (Wildman–Crippen LogP) is -27.5. The highest BCUT2D eigenvalue weighted by molar-refractivity contribution is 5.76. The molecule has 0 radical (unpaired) electrons. The van der Waals surface area contributed by atoms with Gasteiger partial charge in [0.25, 0.3) is 5.79 Å². The van der Waals surface area contributed by atoms with E-state index in [2.05, 4.69) is 0 Å². The molecular weight excluding hydrogens is 1820 g/mol. The summed E-state index contributed by atoms with van der Waals surface area (Å²) >= 11 is 0. The van der Waals surface area contributed by atoms with Crippen molar-refractivity contribution in [2.24, 2.45) is 11.5 Å². The number of carboxylic acid groups (broad SMARTS) is 1. The highest BCUT2D eigenvalue weighted by Gasteiger charge is 2.65. The second-order valence-corrected chi connectivity index (χ2v) is 33.2. The van der Waals surface area contributed by atoms with Crippen LogP contribution in [0.3, 0.4) is 0 Å². The van der Waals surface area contributed by atoms with Crippen molar-refractivity contribution in [2.75, 3.05) is 79.3 Å². The molecule has 0 spiro atoms. The molecule has 42 N–H and O–H groups in total. The van der Waals surface area contributed by atoms with Gasteiger partial charge in [0.05, 0.1) is 104 Å². The highest BCUT2D eigenvalue weighted by Crippen LogP contribution is 2.44. The topological polar surface area (TPSA) is 1020 Å². The van der Waals surface area contributed by atoms with Crippen molar-refractivity contribution >= 4 is 5.97 Å². The Labute approximate surface area is 744 Å². The van der Waals surface area contributed by atoms with Crippen LogP contribution in [0.5, 0.6) is 0 Å². The first-order valence-electron chi connectivity index (χ1n) is 41.6. The van der Waals surface area contributed by atoms with Crippen molar-refractivity contribution < 1.29 is 294 Å². The number of aliphatic hydroxyl groups excluding tert-OH is 37. The summed E-state index contributed by atoms with van der Waals surface area (Å²) in [6.45, 7) is -15.1. The number of carbonyl (C=O) groups is 1. The molecule has 61 heteroatoms. The zero-order chi connectivity index (χ0) is 97.7. The van der Waals surface area contributed by atoms with Crippen molar-refractivity contribution in [1.82, 2.24) is 0 Å². The monoisotopic (exact) mass is 1950 g/mol. The quantitative estimate of drug-likeness (QED) is 0.0271. The molecule has 10 fully saturated rings. The van der Waals surface area contributed by atoms with Gasteiger partial charge < -0.3 is 300 Å². The van der Waals surface area contributed by atoms with Crippen LogP contribution in [0.2, 0.25) is 0 Å². The molecule has 0 aliphatic carbocycles. The maximum absolute atomic E-state index is 13.6. The molecule has 10 saturated heterocycles. The summed E-state index contributed by atoms with van der Waals surface area (Å²) in [6, 6.07) is -3.23. The lowest BCUT2D eigenvalue weighted by Crippen LogP contribution is -2.72. The van der Waals surface area contributed by atoms with E-state index in [1.807, 2.05) is 0 Å². The third kappa shape index (κ3) is 23.7. The Morgan fingerprint density at radius 2 is 0.644 bits per heavy atom. The first-order valence-corrected chi connectivity index (χ1v) is 41.6. The Bertz CT molecular complexity index is 3430. The SMILES string of the molecule is N[C@H]1[C@H](OC[C@@H](O)[C@@H](O)[C@H](O)[C@@H](N)CO)O[C@H](CO[C@]2(C(=O)O)C[C@@H](O)[C@@H](O[C@H]3O[C@H]([C@@H](O)CO)[C@@H](O[C@@H]4O[C@H](CO)[C@@H](O)[C@H](O)[C@H]4O)[C@H](O[C@H]4O[C@H]([C@@H](O)CO)[C@@H](O)[C@H](O[C@H]5O[C@H](CO)[C@@H](O[C@@H]6O[C@H](CO)[C@@H](O[C@@H]7O[C@H](CO)[C@H](O)[C@H](O)[C@H]7O)[C@H](O)[C@H]6O)[C@H](O)[C@H]5O)[C@@H]4O[C@H]4O[C@H]([C@@H](O)CO)[C@@H](O)[C@H](O)[C@@H]4O[C@@H]4O[C@H](CO)[C@H](O)[C@H](O)[C@H]4O)[C@@H]3O)[C@@H]([C@H](O)CO)O2)[C@@H](O)[C@@H]1O. The zero-order valence-electron chi connectivity index (χ0n) is 69.2. The van der Waals surface area contributed by atoms with Crippen molar-refractivity contribution in [3.63, 3.8) is 0 Å². The Morgan fingerprint density at radius 1 is 0.311 bits per heavy atom. The van der Waals surface area contributed by atoms with Gasteiger partial charge >= 0.3 is 5.97 Å². The van der Waals surface area contributed by atoms with Crippen molar-refractivity contribution in [1.29, 1.82) is 0 Å². The summed E-state index contributed by atoms with van der Waals surface area (Å²) < 4.78 is 118. The van der Waals surface area contributed by atoms with E-state index in [0.29, 0.717) is 0 Å². The molecule has 10 heterocycles. The molecule has 0 amide bonds. The van der Waals surface area contributed by atoms with Gasteiger partial charge in [-0.15, -0.1) is 0 Å². The molecular formula is C71H124N2O59. The minimum atomic E-state index is -3.37. The molecule has 0 aromatic rings. The first kappa shape index (κ1) is 111. The largest absolute Gasteiger partial charge is 0.477 e. The molecule has 10 aliphatic heterocycles. The van der Waals surface area contributed by atoms with Crippen LogP contribution in [-0.2, 0) is 99.5 Å².